The number of hydrogen-bond acceptors (Lipinski definition) is 5. The average Bonchev–Trinajstić information content (AvgIpc) is 2.48. The van der Waals surface area contributed by atoms with Crippen molar-refractivity contribution in [3.63, 3.8) is 0 Å². The van der Waals surface area contributed by atoms with E-state index in [4.69, 9.17) is 10.8 Å². The van der Waals surface area contributed by atoms with E-state index < -0.39 is 41.8 Å². The van der Waals surface area contributed by atoms with Gasteiger partial charge in [0.2, 0.25) is 17.7 Å². The highest BCUT2D eigenvalue weighted by Gasteiger charge is 2.25. The maximum absolute atomic E-state index is 11.9. The number of carbonyl (C=O) groups excluding carboxylic acids is 3. The summed E-state index contributed by atoms with van der Waals surface area (Å²) in [7, 11) is 0. The Morgan fingerprint density at radius 2 is 1.46 bits per heavy atom. The Labute approximate surface area is 141 Å². The molecule has 0 heterocycles. The Balaban J connectivity index is 4.40. The topological polar surface area (TPSA) is 151 Å². The van der Waals surface area contributed by atoms with E-state index in [1.165, 1.54) is 6.92 Å². The second-order valence-corrected chi connectivity index (χ2v) is 6.35. The summed E-state index contributed by atoms with van der Waals surface area (Å²) < 4.78 is 0. The number of nitrogens with two attached hydrogens (primary N) is 1. The first-order valence-electron chi connectivity index (χ1n) is 7.83. The maximum Gasteiger partial charge on any atom is 0.326 e. The average molecular weight is 344 g/mol. The van der Waals surface area contributed by atoms with Gasteiger partial charge in [-0.2, -0.15) is 0 Å². The minimum absolute atomic E-state index is 0.0741. The quantitative estimate of drug-likeness (QED) is 0.355. The zero-order valence-corrected chi connectivity index (χ0v) is 14.8. The monoisotopic (exact) mass is 344 g/mol. The van der Waals surface area contributed by atoms with Gasteiger partial charge in [-0.05, 0) is 18.8 Å². The van der Waals surface area contributed by atoms with Crippen LogP contribution in [-0.4, -0.2) is 53.5 Å². The van der Waals surface area contributed by atoms with Crippen LogP contribution in [0.25, 0.3) is 0 Å². The van der Waals surface area contributed by atoms with Crippen LogP contribution in [0.4, 0.5) is 0 Å². The van der Waals surface area contributed by atoms with Crippen molar-refractivity contribution in [3.8, 4) is 0 Å². The highest BCUT2D eigenvalue weighted by atomic mass is 16.4. The van der Waals surface area contributed by atoms with Gasteiger partial charge < -0.3 is 26.8 Å². The molecule has 0 aliphatic rings. The largest absolute Gasteiger partial charge is 0.480 e. The number of nitrogens with one attached hydrogen (secondary N) is 3. The lowest BCUT2D eigenvalue weighted by molar-refractivity contribution is -0.143. The number of carbonyl (C=O) groups is 4. The van der Waals surface area contributed by atoms with Gasteiger partial charge in [-0.15, -0.1) is 0 Å². The zero-order valence-electron chi connectivity index (χ0n) is 14.8. The van der Waals surface area contributed by atoms with Gasteiger partial charge in [0, 0.05) is 0 Å². The molecule has 3 amide bonds. The first-order chi connectivity index (χ1) is 11.0. The predicted molar refractivity (Wildman–Crippen MR) is 87.8 cm³/mol. The van der Waals surface area contributed by atoms with Crippen molar-refractivity contribution in [3.05, 3.63) is 0 Å². The molecule has 6 N–H and O–H groups in total. The fourth-order valence-electron chi connectivity index (χ4n) is 1.74. The van der Waals surface area contributed by atoms with Gasteiger partial charge in [0.25, 0.3) is 0 Å². The van der Waals surface area contributed by atoms with Crippen LogP contribution >= 0.6 is 0 Å². The van der Waals surface area contributed by atoms with Crippen molar-refractivity contribution in [1.82, 2.24) is 16.0 Å². The molecule has 0 aromatic rings. The second kappa shape index (κ2) is 9.86. The molecule has 0 spiro atoms. The maximum atomic E-state index is 11.9. The van der Waals surface area contributed by atoms with E-state index in [9.17, 15) is 19.2 Å². The third-order valence-electron chi connectivity index (χ3n) is 3.45. The molecule has 24 heavy (non-hydrogen) atoms. The van der Waals surface area contributed by atoms with E-state index in [0.29, 0.717) is 0 Å². The molecule has 0 bridgehead atoms. The third-order valence-corrected chi connectivity index (χ3v) is 3.45. The van der Waals surface area contributed by atoms with Crippen LogP contribution in [0, 0.1) is 11.8 Å². The van der Waals surface area contributed by atoms with Gasteiger partial charge in [0.15, 0.2) is 0 Å². The van der Waals surface area contributed by atoms with Gasteiger partial charge in [0.1, 0.15) is 12.1 Å². The molecule has 0 aromatic heterocycles. The smallest absolute Gasteiger partial charge is 0.326 e. The molecule has 9 heteroatoms. The number of carboxylic acid groups (broad SMARTS) is 1. The summed E-state index contributed by atoms with van der Waals surface area (Å²) in [4.78, 5) is 46.4. The normalized spacial score (nSPS) is 14.7. The van der Waals surface area contributed by atoms with Crippen molar-refractivity contribution in [2.24, 2.45) is 17.6 Å². The molecule has 0 saturated heterocycles. The van der Waals surface area contributed by atoms with Crippen molar-refractivity contribution < 1.29 is 24.3 Å². The van der Waals surface area contributed by atoms with Crippen LogP contribution in [0.15, 0.2) is 0 Å². The molecule has 3 atom stereocenters. The van der Waals surface area contributed by atoms with E-state index in [0.717, 1.165) is 0 Å². The summed E-state index contributed by atoms with van der Waals surface area (Å²) in [5.41, 5.74) is 5.68. The highest BCUT2D eigenvalue weighted by Crippen LogP contribution is 2.01. The summed E-state index contributed by atoms with van der Waals surface area (Å²) in [5, 5.41) is 16.1. The van der Waals surface area contributed by atoms with Gasteiger partial charge in [0.05, 0.1) is 12.6 Å². The van der Waals surface area contributed by atoms with E-state index in [2.05, 4.69) is 16.0 Å². The minimum atomic E-state index is -1.15. The van der Waals surface area contributed by atoms with Gasteiger partial charge >= 0.3 is 5.97 Å². The second-order valence-electron chi connectivity index (χ2n) is 6.35. The van der Waals surface area contributed by atoms with E-state index in [1.54, 1.807) is 27.7 Å². The molecular formula is C15H28N4O5. The summed E-state index contributed by atoms with van der Waals surface area (Å²) in [6, 6.07) is -2.63. The first-order valence-corrected chi connectivity index (χ1v) is 7.83. The standard InChI is InChI=1S/C15H28N4O5/c1-7(2)11(16)14(22)18-9(5)13(21)17-6-10(20)19-12(8(3)4)15(23)24/h7-9,11-12H,6,16H2,1-5H3,(H,17,21)(H,18,22)(H,19,20)(H,23,24). The van der Waals surface area contributed by atoms with Crippen molar-refractivity contribution >= 4 is 23.7 Å². The van der Waals surface area contributed by atoms with Crippen molar-refractivity contribution in [2.45, 2.75) is 52.7 Å². The third kappa shape index (κ3) is 7.40. The lowest BCUT2D eigenvalue weighted by Crippen LogP contribution is -2.53. The van der Waals surface area contributed by atoms with E-state index in [1.807, 2.05) is 0 Å². The molecule has 0 saturated carbocycles. The Morgan fingerprint density at radius 3 is 1.88 bits per heavy atom. The first kappa shape index (κ1) is 21.8. The number of amides is 3. The summed E-state index contributed by atoms with van der Waals surface area (Å²) in [5.74, 6) is -3.16. The van der Waals surface area contributed by atoms with Crippen molar-refractivity contribution in [1.29, 1.82) is 0 Å². The predicted octanol–water partition coefficient (Wildman–Crippen LogP) is -1.18. The Hall–Kier alpha value is -2.16. The van der Waals surface area contributed by atoms with Gasteiger partial charge in [-0.1, -0.05) is 27.7 Å². The minimum Gasteiger partial charge on any atom is -0.480 e. The molecule has 0 rings (SSSR count). The number of hydrogen-bond donors (Lipinski definition) is 5. The Kier molecular flexibility index (Phi) is 8.97. The molecular weight excluding hydrogens is 316 g/mol. The van der Waals surface area contributed by atoms with Crippen LogP contribution in [0.5, 0.6) is 0 Å². The Morgan fingerprint density at radius 1 is 0.917 bits per heavy atom. The Bertz CT molecular complexity index is 478. The van der Waals surface area contributed by atoms with Crippen LogP contribution < -0.4 is 21.7 Å². The van der Waals surface area contributed by atoms with Crippen LogP contribution in [0.2, 0.25) is 0 Å². The van der Waals surface area contributed by atoms with Crippen LogP contribution in [0.3, 0.4) is 0 Å². The highest BCUT2D eigenvalue weighted by molar-refractivity contribution is 5.92. The summed E-state index contributed by atoms with van der Waals surface area (Å²) in [6.07, 6.45) is 0. The number of carboxylic acids is 1. The van der Waals surface area contributed by atoms with Gasteiger partial charge in [-0.3, -0.25) is 14.4 Å². The lowest BCUT2D eigenvalue weighted by atomic mass is 10.0. The SMILES string of the molecule is CC(NC(=O)C(N)C(C)C)C(=O)NCC(=O)NC(C(=O)O)C(C)C. The van der Waals surface area contributed by atoms with Crippen LogP contribution in [-0.2, 0) is 19.2 Å². The number of rotatable bonds is 9. The van der Waals surface area contributed by atoms with Crippen LogP contribution in [0.1, 0.15) is 34.6 Å². The molecule has 3 unspecified atom stereocenters. The summed E-state index contributed by atoms with van der Waals surface area (Å²) in [6.45, 7) is 7.97. The van der Waals surface area contributed by atoms with E-state index >= 15 is 0 Å². The zero-order chi connectivity index (χ0) is 19.0. The summed E-state index contributed by atoms with van der Waals surface area (Å²) >= 11 is 0. The van der Waals surface area contributed by atoms with Gasteiger partial charge in [-0.25, -0.2) is 4.79 Å². The number of aliphatic carboxylic acids is 1. The molecule has 0 aliphatic heterocycles. The molecule has 0 radical (unpaired) electrons. The molecule has 138 valence electrons. The molecule has 0 fully saturated rings. The lowest BCUT2D eigenvalue weighted by Gasteiger charge is -2.20. The molecule has 9 nitrogen and oxygen atoms in total. The fourth-order valence-corrected chi connectivity index (χ4v) is 1.74. The van der Waals surface area contributed by atoms with Crippen molar-refractivity contribution in [2.75, 3.05) is 6.54 Å². The van der Waals surface area contributed by atoms with E-state index in [-0.39, 0.29) is 18.4 Å². The molecule has 0 aliphatic carbocycles. The fraction of sp³-hybridized carbons (Fsp3) is 0.733. The molecule has 0 aromatic carbocycles.